The van der Waals surface area contributed by atoms with Crippen molar-refractivity contribution in [3.05, 3.63) is 0 Å². The van der Waals surface area contributed by atoms with E-state index in [2.05, 4.69) is 10.1 Å². The number of ether oxygens (including phenoxy) is 1. The molecule has 98 valence electrons. The second-order valence-electron chi connectivity index (χ2n) is 3.90. The van der Waals surface area contributed by atoms with Gasteiger partial charge < -0.3 is 20.1 Å². The van der Waals surface area contributed by atoms with Crippen LogP contribution in [0.3, 0.4) is 0 Å². The van der Waals surface area contributed by atoms with Gasteiger partial charge in [0.2, 0.25) is 0 Å². The first-order valence-corrected chi connectivity index (χ1v) is 5.18. The van der Waals surface area contributed by atoms with Crippen molar-refractivity contribution in [2.75, 3.05) is 26.7 Å². The third kappa shape index (κ3) is 7.15. The molecule has 0 heterocycles. The molecule has 0 aromatic carbocycles. The van der Waals surface area contributed by atoms with Crippen LogP contribution in [0.2, 0.25) is 0 Å². The van der Waals surface area contributed by atoms with Gasteiger partial charge >= 0.3 is 18.0 Å². The standard InChI is InChI=1S/C10H18N2O5/c1-7(2)5-12(6-8(13)14)10(16)11-4-9(15)17-3/h7H,4-6H2,1-3H3,(H,11,16)(H,13,14). The van der Waals surface area contributed by atoms with E-state index in [-0.39, 0.29) is 12.5 Å². The molecule has 2 N–H and O–H groups in total. The first-order valence-electron chi connectivity index (χ1n) is 5.18. The topological polar surface area (TPSA) is 95.9 Å². The number of carboxylic acid groups (broad SMARTS) is 1. The molecular formula is C10H18N2O5. The molecule has 0 saturated carbocycles. The Labute approximate surface area is 99.7 Å². The summed E-state index contributed by atoms with van der Waals surface area (Å²) in [7, 11) is 1.21. The van der Waals surface area contributed by atoms with Crippen LogP contribution in [0.4, 0.5) is 4.79 Å². The fourth-order valence-corrected chi connectivity index (χ4v) is 1.16. The second-order valence-corrected chi connectivity index (χ2v) is 3.90. The third-order valence-corrected chi connectivity index (χ3v) is 1.81. The number of aliphatic carboxylic acids is 1. The van der Waals surface area contributed by atoms with E-state index in [1.807, 2.05) is 13.8 Å². The van der Waals surface area contributed by atoms with Gasteiger partial charge in [0, 0.05) is 6.54 Å². The third-order valence-electron chi connectivity index (χ3n) is 1.81. The SMILES string of the molecule is COC(=O)CNC(=O)N(CC(=O)O)CC(C)C. The molecule has 0 rings (SSSR count). The smallest absolute Gasteiger partial charge is 0.325 e. The van der Waals surface area contributed by atoms with Gasteiger partial charge in [0.1, 0.15) is 13.1 Å². The fourth-order valence-electron chi connectivity index (χ4n) is 1.16. The summed E-state index contributed by atoms with van der Waals surface area (Å²) in [6, 6.07) is -0.591. The predicted molar refractivity (Wildman–Crippen MR) is 59.5 cm³/mol. The van der Waals surface area contributed by atoms with Crippen LogP contribution in [0.5, 0.6) is 0 Å². The highest BCUT2D eigenvalue weighted by Crippen LogP contribution is 1.99. The number of nitrogens with zero attached hydrogens (tertiary/aromatic N) is 1. The number of methoxy groups -OCH3 is 1. The van der Waals surface area contributed by atoms with Crippen LogP contribution in [0, 0.1) is 5.92 Å². The van der Waals surface area contributed by atoms with E-state index in [9.17, 15) is 14.4 Å². The number of carbonyl (C=O) groups is 3. The number of carbonyl (C=O) groups excluding carboxylic acids is 2. The lowest BCUT2D eigenvalue weighted by Gasteiger charge is -2.22. The Morgan fingerprint density at radius 1 is 1.35 bits per heavy atom. The van der Waals surface area contributed by atoms with Crippen LogP contribution in [-0.2, 0) is 14.3 Å². The molecular weight excluding hydrogens is 228 g/mol. The van der Waals surface area contributed by atoms with Gasteiger partial charge in [-0.05, 0) is 5.92 Å². The van der Waals surface area contributed by atoms with Crippen molar-refractivity contribution < 1.29 is 24.2 Å². The van der Waals surface area contributed by atoms with Gasteiger partial charge in [-0.1, -0.05) is 13.8 Å². The molecule has 0 bridgehead atoms. The Kier molecular flexibility index (Phi) is 6.69. The van der Waals surface area contributed by atoms with Gasteiger partial charge in [-0.3, -0.25) is 9.59 Å². The van der Waals surface area contributed by atoms with E-state index >= 15 is 0 Å². The van der Waals surface area contributed by atoms with Crippen molar-refractivity contribution in [1.29, 1.82) is 0 Å². The number of amides is 2. The minimum absolute atomic E-state index is 0.137. The van der Waals surface area contributed by atoms with Crippen LogP contribution in [-0.4, -0.2) is 54.7 Å². The number of nitrogens with one attached hydrogen (secondary N) is 1. The maximum atomic E-state index is 11.6. The summed E-state index contributed by atoms with van der Waals surface area (Å²) in [5, 5.41) is 10.9. The summed E-state index contributed by atoms with van der Waals surface area (Å²) in [6.45, 7) is 3.36. The summed E-state index contributed by atoms with van der Waals surface area (Å²) in [5.74, 6) is -1.55. The van der Waals surface area contributed by atoms with Crippen LogP contribution in [0.15, 0.2) is 0 Å². The summed E-state index contributed by atoms with van der Waals surface area (Å²) in [5.41, 5.74) is 0. The van der Waals surface area contributed by atoms with Gasteiger partial charge in [0.05, 0.1) is 7.11 Å². The zero-order valence-electron chi connectivity index (χ0n) is 10.2. The van der Waals surface area contributed by atoms with Gasteiger partial charge in [0.25, 0.3) is 0 Å². The highest BCUT2D eigenvalue weighted by Gasteiger charge is 2.18. The number of rotatable bonds is 6. The first-order chi connectivity index (χ1) is 7.86. The molecule has 0 fully saturated rings. The Balaban J connectivity index is 4.31. The Morgan fingerprint density at radius 3 is 2.35 bits per heavy atom. The van der Waals surface area contributed by atoms with Crippen molar-refractivity contribution >= 4 is 18.0 Å². The number of hydrogen-bond donors (Lipinski definition) is 2. The molecule has 0 aliphatic heterocycles. The summed E-state index contributed by atoms with van der Waals surface area (Å²) in [4.78, 5) is 34.1. The number of hydrogen-bond acceptors (Lipinski definition) is 4. The lowest BCUT2D eigenvalue weighted by Crippen LogP contribution is -2.46. The lowest BCUT2D eigenvalue weighted by atomic mass is 10.2. The van der Waals surface area contributed by atoms with Gasteiger partial charge in [-0.15, -0.1) is 0 Å². The molecule has 0 aliphatic carbocycles. The van der Waals surface area contributed by atoms with Crippen LogP contribution >= 0.6 is 0 Å². The normalized spacial score (nSPS) is 9.88. The van der Waals surface area contributed by atoms with Crippen molar-refractivity contribution in [3.63, 3.8) is 0 Å². The molecule has 0 saturated heterocycles. The Morgan fingerprint density at radius 2 is 1.94 bits per heavy atom. The average Bonchev–Trinajstić information content (AvgIpc) is 2.23. The van der Waals surface area contributed by atoms with Crippen molar-refractivity contribution in [2.24, 2.45) is 5.92 Å². The molecule has 0 radical (unpaired) electrons. The van der Waals surface area contributed by atoms with Gasteiger partial charge in [-0.25, -0.2) is 4.79 Å². The van der Waals surface area contributed by atoms with Crippen molar-refractivity contribution in [2.45, 2.75) is 13.8 Å². The van der Waals surface area contributed by atoms with Crippen LogP contribution in [0.1, 0.15) is 13.8 Å². The van der Waals surface area contributed by atoms with E-state index in [1.54, 1.807) is 0 Å². The Bertz CT molecular complexity index is 290. The predicted octanol–water partition coefficient (Wildman–Crippen LogP) is -0.0884. The van der Waals surface area contributed by atoms with E-state index in [0.717, 1.165) is 4.90 Å². The molecule has 0 aromatic rings. The zero-order chi connectivity index (χ0) is 13.4. The molecule has 2 amide bonds. The van der Waals surface area contributed by atoms with Gasteiger partial charge in [-0.2, -0.15) is 0 Å². The number of urea groups is 1. The van der Waals surface area contributed by atoms with Crippen LogP contribution in [0.25, 0.3) is 0 Å². The van der Waals surface area contributed by atoms with E-state index < -0.39 is 24.5 Å². The van der Waals surface area contributed by atoms with Crippen molar-refractivity contribution in [1.82, 2.24) is 10.2 Å². The van der Waals surface area contributed by atoms with Crippen LogP contribution < -0.4 is 5.32 Å². The molecule has 7 heteroatoms. The summed E-state index contributed by atoms with van der Waals surface area (Å²) >= 11 is 0. The fraction of sp³-hybridized carbons (Fsp3) is 0.700. The molecule has 0 aromatic heterocycles. The summed E-state index contributed by atoms with van der Waals surface area (Å²) in [6.07, 6.45) is 0. The monoisotopic (exact) mass is 246 g/mol. The minimum atomic E-state index is -1.10. The summed E-state index contributed by atoms with van der Waals surface area (Å²) < 4.78 is 4.35. The maximum Gasteiger partial charge on any atom is 0.325 e. The largest absolute Gasteiger partial charge is 0.480 e. The highest BCUT2D eigenvalue weighted by molar-refractivity contribution is 5.83. The van der Waals surface area contributed by atoms with E-state index in [1.165, 1.54) is 7.11 Å². The van der Waals surface area contributed by atoms with Crippen molar-refractivity contribution in [3.8, 4) is 0 Å². The van der Waals surface area contributed by atoms with E-state index in [4.69, 9.17) is 5.11 Å². The highest BCUT2D eigenvalue weighted by atomic mass is 16.5. The quantitative estimate of drug-likeness (QED) is 0.639. The zero-order valence-corrected chi connectivity index (χ0v) is 10.2. The van der Waals surface area contributed by atoms with E-state index in [0.29, 0.717) is 6.54 Å². The number of esters is 1. The Hall–Kier alpha value is -1.79. The molecule has 0 aliphatic rings. The maximum absolute atomic E-state index is 11.6. The lowest BCUT2D eigenvalue weighted by molar-refractivity contribution is -0.139. The molecule has 7 nitrogen and oxygen atoms in total. The van der Waals surface area contributed by atoms with Gasteiger partial charge in [0.15, 0.2) is 0 Å². The molecule has 0 unspecified atom stereocenters. The number of carboxylic acids is 1. The molecule has 0 spiro atoms. The molecule has 17 heavy (non-hydrogen) atoms. The first kappa shape index (κ1) is 15.2. The minimum Gasteiger partial charge on any atom is -0.480 e. The molecule has 0 atom stereocenters. The average molecular weight is 246 g/mol. The second kappa shape index (κ2) is 7.48.